The van der Waals surface area contributed by atoms with Crippen molar-refractivity contribution in [3.05, 3.63) is 84.7 Å². The van der Waals surface area contributed by atoms with Crippen LogP contribution in [0.1, 0.15) is 10.4 Å². The molecule has 0 bridgehead atoms. The molecule has 0 aliphatic rings. The number of para-hydroxylation sites is 1. The van der Waals surface area contributed by atoms with Crippen molar-refractivity contribution in [2.24, 2.45) is 0 Å². The van der Waals surface area contributed by atoms with Crippen molar-refractivity contribution in [3.63, 3.8) is 0 Å². The van der Waals surface area contributed by atoms with E-state index in [-0.39, 0.29) is 10.8 Å². The summed E-state index contributed by atoms with van der Waals surface area (Å²) in [5.41, 5.74) is 2.89. The van der Waals surface area contributed by atoms with Crippen LogP contribution in [0.3, 0.4) is 0 Å². The molecular formula is C21H18N4O3S. The van der Waals surface area contributed by atoms with Gasteiger partial charge in [0.2, 0.25) is 0 Å². The molecule has 1 amide bonds. The lowest BCUT2D eigenvalue weighted by Crippen LogP contribution is -2.26. The van der Waals surface area contributed by atoms with Gasteiger partial charge in [-0.3, -0.25) is 9.10 Å². The third kappa shape index (κ3) is 3.70. The maximum Gasteiger partial charge on any atom is 0.264 e. The Balaban J connectivity index is 1.59. The number of benzene rings is 3. The van der Waals surface area contributed by atoms with Gasteiger partial charge in [0.1, 0.15) is 0 Å². The number of hydrogen-bond donors (Lipinski definition) is 2. The van der Waals surface area contributed by atoms with Crippen LogP contribution in [0, 0.1) is 0 Å². The van der Waals surface area contributed by atoms with Gasteiger partial charge in [-0.25, -0.2) is 13.4 Å². The van der Waals surface area contributed by atoms with E-state index in [1.807, 2.05) is 6.07 Å². The van der Waals surface area contributed by atoms with Crippen LogP contribution in [0.2, 0.25) is 0 Å². The summed E-state index contributed by atoms with van der Waals surface area (Å²) in [6.45, 7) is 0. The van der Waals surface area contributed by atoms with Gasteiger partial charge < -0.3 is 10.3 Å². The Morgan fingerprint density at radius 2 is 1.79 bits per heavy atom. The van der Waals surface area contributed by atoms with Gasteiger partial charge in [0.15, 0.2) is 0 Å². The maximum atomic E-state index is 13.0. The number of carbonyl (C=O) groups excluding carboxylic acids is 1. The van der Waals surface area contributed by atoms with Gasteiger partial charge in [-0.15, -0.1) is 0 Å². The van der Waals surface area contributed by atoms with E-state index in [9.17, 15) is 13.2 Å². The van der Waals surface area contributed by atoms with Crippen LogP contribution in [0.25, 0.3) is 11.0 Å². The molecule has 0 saturated carbocycles. The van der Waals surface area contributed by atoms with Crippen LogP contribution >= 0.6 is 0 Å². The molecule has 0 saturated heterocycles. The summed E-state index contributed by atoms with van der Waals surface area (Å²) >= 11 is 0. The first-order valence-corrected chi connectivity index (χ1v) is 10.3. The maximum absolute atomic E-state index is 13.0. The number of imidazole rings is 1. The minimum absolute atomic E-state index is 0.0886. The predicted octanol–water partition coefficient (Wildman–Crippen LogP) is 3.64. The van der Waals surface area contributed by atoms with E-state index in [4.69, 9.17) is 0 Å². The highest BCUT2D eigenvalue weighted by molar-refractivity contribution is 7.92. The van der Waals surface area contributed by atoms with Gasteiger partial charge in [-0.1, -0.05) is 24.3 Å². The van der Waals surface area contributed by atoms with Gasteiger partial charge in [0, 0.05) is 18.3 Å². The Morgan fingerprint density at radius 1 is 1.00 bits per heavy atom. The second kappa shape index (κ2) is 7.40. The molecule has 8 heteroatoms. The highest BCUT2D eigenvalue weighted by Crippen LogP contribution is 2.24. The third-order valence-electron chi connectivity index (χ3n) is 4.55. The van der Waals surface area contributed by atoms with Crippen LogP contribution in [-0.4, -0.2) is 31.3 Å². The molecule has 0 unspecified atom stereocenters. The molecule has 4 rings (SSSR count). The van der Waals surface area contributed by atoms with E-state index in [0.29, 0.717) is 16.9 Å². The fourth-order valence-corrected chi connectivity index (χ4v) is 4.19. The van der Waals surface area contributed by atoms with Crippen LogP contribution in [0.5, 0.6) is 0 Å². The summed E-state index contributed by atoms with van der Waals surface area (Å²) in [7, 11) is -2.27. The normalized spacial score (nSPS) is 11.3. The van der Waals surface area contributed by atoms with Gasteiger partial charge in [-0.2, -0.15) is 0 Å². The number of aromatic nitrogens is 2. The first-order valence-electron chi connectivity index (χ1n) is 8.84. The summed E-state index contributed by atoms with van der Waals surface area (Å²) in [5.74, 6) is -0.340. The summed E-state index contributed by atoms with van der Waals surface area (Å²) in [6.07, 6.45) is 1.56. The number of H-pyrrole nitrogens is 1. The molecular weight excluding hydrogens is 388 g/mol. The van der Waals surface area contributed by atoms with Gasteiger partial charge >= 0.3 is 0 Å². The quantitative estimate of drug-likeness (QED) is 0.529. The van der Waals surface area contributed by atoms with E-state index in [2.05, 4.69) is 15.3 Å². The van der Waals surface area contributed by atoms with Crippen LogP contribution < -0.4 is 9.62 Å². The van der Waals surface area contributed by atoms with Crippen molar-refractivity contribution >= 4 is 38.3 Å². The fraction of sp³-hybridized carbons (Fsp3) is 0.0476. The zero-order valence-electron chi connectivity index (χ0n) is 15.5. The zero-order chi connectivity index (χ0) is 20.4. The second-order valence-electron chi connectivity index (χ2n) is 6.42. The molecule has 146 valence electrons. The minimum atomic E-state index is -3.77. The second-order valence-corrected chi connectivity index (χ2v) is 8.39. The van der Waals surface area contributed by atoms with Crippen LogP contribution in [0.15, 0.2) is 84.0 Å². The number of fused-ring (bicyclic) bond motifs is 1. The predicted molar refractivity (Wildman–Crippen MR) is 113 cm³/mol. The Morgan fingerprint density at radius 3 is 2.59 bits per heavy atom. The van der Waals surface area contributed by atoms with E-state index in [1.54, 1.807) is 60.9 Å². The lowest BCUT2D eigenvalue weighted by atomic mass is 10.2. The number of hydrogen-bond acceptors (Lipinski definition) is 4. The molecule has 0 aliphatic heterocycles. The number of rotatable bonds is 5. The molecule has 0 spiro atoms. The minimum Gasteiger partial charge on any atom is -0.345 e. The highest BCUT2D eigenvalue weighted by atomic mass is 32.2. The summed E-state index contributed by atoms with van der Waals surface area (Å²) in [5, 5.41) is 2.75. The highest BCUT2D eigenvalue weighted by Gasteiger charge is 2.21. The molecule has 1 aromatic heterocycles. The Kier molecular flexibility index (Phi) is 4.77. The first-order chi connectivity index (χ1) is 13.9. The summed E-state index contributed by atoms with van der Waals surface area (Å²) in [6, 6.07) is 20.1. The molecule has 0 radical (unpaired) electrons. The average Bonchev–Trinajstić information content (AvgIpc) is 3.22. The number of carbonyl (C=O) groups is 1. The Labute approximate surface area is 168 Å². The number of aromatic amines is 1. The van der Waals surface area contributed by atoms with E-state index in [1.165, 1.54) is 23.5 Å². The van der Waals surface area contributed by atoms with Gasteiger partial charge in [-0.05, 0) is 48.5 Å². The molecule has 1 heterocycles. The number of sulfonamides is 1. The van der Waals surface area contributed by atoms with Crippen molar-refractivity contribution in [1.82, 2.24) is 9.97 Å². The molecule has 7 nitrogen and oxygen atoms in total. The fourth-order valence-electron chi connectivity index (χ4n) is 2.95. The summed E-state index contributed by atoms with van der Waals surface area (Å²) in [4.78, 5) is 19.8. The molecule has 0 aliphatic carbocycles. The Hall–Kier alpha value is -3.65. The SMILES string of the molecule is CN(c1ccccc1)S(=O)(=O)c1cccc(NC(=O)c2ccc3nc[nH]c3c2)c1. The molecule has 4 aromatic rings. The molecule has 2 N–H and O–H groups in total. The van der Waals surface area contributed by atoms with Crippen molar-refractivity contribution in [3.8, 4) is 0 Å². The average molecular weight is 406 g/mol. The van der Waals surface area contributed by atoms with Gasteiger partial charge in [0.25, 0.3) is 15.9 Å². The lowest BCUT2D eigenvalue weighted by molar-refractivity contribution is 0.102. The lowest BCUT2D eigenvalue weighted by Gasteiger charge is -2.19. The van der Waals surface area contributed by atoms with Crippen molar-refractivity contribution < 1.29 is 13.2 Å². The number of anilines is 2. The first kappa shape index (κ1) is 18.7. The number of nitrogens with one attached hydrogen (secondary N) is 2. The molecule has 3 aromatic carbocycles. The van der Waals surface area contributed by atoms with E-state index < -0.39 is 10.0 Å². The van der Waals surface area contributed by atoms with Gasteiger partial charge in [0.05, 0.1) is 27.9 Å². The molecule has 0 atom stereocenters. The Bertz CT molecular complexity index is 1280. The smallest absolute Gasteiger partial charge is 0.264 e. The van der Waals surface area contributed by atoms with Crippen LogP contribution in [-0.2, 0) is 10.0 Å². The largest absolute Gasteiger partial charge is 0.345 e. The van der Waals surface area contributed by atoms with Crippen molar-refractivity contribution in [1.29, 1.82) is 0 Å². The molecule has 29 heavy (non-hydrogen) atoms. The number of amides is 1. The van der Waals surface area contributed by atoms with Crippen molar-refractivity contribution in [2.75, 3.05) is 16.7 Å². The topological polar surface area (TPSA) is 95.2 Å². The van der Waals surface area contributed by atoms with Crippen LogP contribution in [0.4, 0.5) is 11.4 Å². The van der Waals surface area contributed by atoms with E-state index >= 15 is 0 Å². The number of nitrogens with zero attached hydrogens (tertiary/aromatic N) is 2. The van der Waals surface area contributed by atoms with E-state index in [0.717, 1.165) is 11.0 Å². The monoisotopic (exact) mass is 406 g/mol. The summed E-state index contributed by atoms with van der Waals surface area (Å²) < 4.78 is 27.1. The van der Waals surface area contributed by atoms with Crippen molar-refractivity contribution in [2.45, 2.75) is 4.90 Å². The standard InChI is InChI=1S/C21H18N4O3S/c1-25(17-7-3-2-4-8-17)29(27,28)18-9-5-6-16(13-18)24-21(26)15-10-11-19-20(12-15)23-14-22-19/h2-14H,1H3,(H,22,23)(H,24,26). The third-order valence-corrected chi connectivity index (χ3v) is 6.33. The molecule has 0 fully saturated rings. The zero-order valence-corrected chi connectivity index (χ0v) is 16.3.